The first-order valence-corrected chi connectivity index (χ1v) is 9.34. The molecule has 1 aromatic carbocycles. The Hall–Kier alpha value is -2.68. The van der Waals surface area contributed by atoms with Crippen LogP contribution in [-0.2, 0) is 19.1 Å². The molecule has 0 radical (unpaired) electrons. The summed E-state index contributed by atoms with van der Waals surface area (Å²) in [5.74, 6) is -1.70. The second kappa shape index (κ2) is 9.86. The molecule has 1 fully saturated rings. The highest BCUT2D eigenvalue weighted by Crippen LogP contribution is 2.33. The maximum Gasteiger partial charge on any atom is 0.306 e. The second-order valence-corrected chi connectivity index (χ2v) is 6.91. The number of thioether (sulfide) groups is 1. The molecule has 1 aromatic rings. The molecular weight excluding hydrogens is 370 g/mol. The summed E-state index contributed by atoms with van der Waals surface area (Å²) in [5.41, 5.74) is 1.21. The molecule has 1 unspecified atom stereocenters. The number of carboxylic acids is 1. The standard InChI is InChI=1S/C18H21N3O5S/c1-3-26-16(24)10-9-12(2)19-20-18-21(13-7-5-4-6-8-13)17(25)14(27-18)11-15(22)23/h4-8,14H,3,9-11H2,1-2H3,(H,22,23)/b19-12+,20-18-. The first-order valence-electron chi connectivity index (χ1n) is 8.46. The number of esters is 1. The van der Waals surface area contributed by atoms with Gasteiger partial charge in [0.2, 0.25) is 5.91 Å². The topological polar surface area (TPSA) is 109 Å². The van der Waals surface area contributed by atoms with Crippen LogP contribution in [0.25, 0.3) is 0 Å². The van der Waals surface area contributed by atoms with E-state index in [-0.39, 0.29) is 24.7 Å². The second-order valence-electron chi connectivity index (χ2n) is 5.74. The number of carbonyl (C=O) groups is 3. The van der Waals surface area contributed by atoms with E-state index in [1.807, 2.05) is 6.07 Å². The predicted molar refractivity (Wildman–Crippen MR) is 104 cm³/mol. The number of hydrogen-bond acceptors (Lipinski definition) is 7. The van der Waals surface area contributed by atoms with E-state index >= 15 is 0 Å². The number of anilines is 1. The molecule has 1 atom stereocenters. The van der Waals surface area contributed by atoms with E-state index in [1.54, 1.807) is 38.1 Å². The number of amidine groups is 1. The fourth-order valence-corrected chi connectivity index (χ4v) is 3.41. The molecule has 8 nitrogen and oxygen atoms in total. The Morgan fingerprint density at radius 2 is 1.96 bits per heavy atom. The van der Waals surface area contributed by atoms with Crippen molar-refractivity contribution in [3.05, 3.63) is 30.3 Å². The third kappa shape index (κ3) is 5.92. The highest BCUT2D eigenvalue weighted by atomic mass is 32.2. The predicted octanol–water partition coefficient (Wildman–Crippen LogP) is 2.68. The summed E-state index contributed by atoms with van der Waals surface area (Å²) in [4.78, 5) is 36.4. The fraction of sp³-hybridized carbons (Fsp3) is 0.389. The van der Waals surface area contributed by atoms with Gasteiger partial charge in [0.15, 0.2) is 5.17 Å². The number of para-hydroxylation sites is 1. The van der Waals surface area contributed by atoms with Gasteiger partial charge in [-0.05, 0) is 32.4 Å². The average molecular weight is 391 g/mol. The molecule has 27 heavy (non-hydrogen) atoms. The average Bonchev–Trinajstić information content (AvgIpc) is 2.94. The minimum absolute atomic E-state index is 0.199. The van der Waals surface area contributed by atoms with Crippen molar-refractivity contribution in [3.63, 3.8) is 0 Å². The summed E-state index contributed by atoms with van der Waals surface area (Å²) in [7, 11) is 0. The van der Waals surface area contributed by atoms with Crippen LogP contribution in [0.4, 0.5) is 5.69 Å². The van der Waals surface area contributed by atoms with Crippen LogP contribution in [-0.4, -0.2) is 45.7 Å². The zero-order chi connectivity index (χ0) is 19.8. The van der Waals surface area contributed by atoms with Crippen LogP contribution in [0, 0.1) is 0 Å². The quantitative estimate of drug-likeness (QED) is 0.415. The van der Waals surface area contributed by atoms with Gasteiger partial charge in [0.1, 0.15) is 5.25 Å². The maximum atomic E-state index is 12.6. The lowest BCUT2D eigenvalue weighted by Gasteiger charge is -2.15. The lowest BCUT2D eigenvalue weighted by Crippen LogP contribution is -2.32. The fourth-order valence-electron chi connectivity index (χ4n) is 2.33. The zero-order valence-corrected chi connectivity index (χ0v) is 15.9. The Morgan fingerprint density at radius 1 is 1.26 bits per heavy atom. The van der Waals surface area contributed by atoms with Crippen molar-refractivity contribution in [2.75, 3.05) is 11.5 Å². The molecule has 1 heterocycles. The molecule has 0 spiro atoms. The molecule has 144 valence electrons. The van der Waals surface area contributed by atoms with Gasteiger partial charge in [-0.25, -0.2) is 0 Å². The van der Waals surface area contributed by atoms with Gasteiger partial charge >= 0.3 is 11.9 Å². The van der Waals surface area contributed by atoms with E-state index in [0.29, 0.717) is 29.6 Å². The first-order chi connectivity index (χ1) is 12.9. The Balaban J connectivity index is 2.18. The molecule has 0 bridgehead atoms. The van der Waals surface area contributed by atoms with Crippen LogP contribution in [0.1, 0.15) is 33.1 Å². The molecule has 9 heteroatoms. The van der Waals surface area contributed by atoms with Crippen LogP contribution in [0.2, 0.25) is 0 Å². The number of amides is 1. The van der Waals surface area contributed by atoms with E-state index in [2.05, 4.69) is 10.2 Å². The summed E-state index contributed by atoms with van der Waals surface area (Å²) in [5, 5.41) is 16.8. The molecule has 2 rings (SSSR count). The van der Waals surface area contributed by atoms with Crippen molar-refractivity contribution < 1.29 is 24.2 Å². The molecule has 0 aliphatic carbocycles. The zero-order valence-electron chi connectivity index (χ0n) is 15.1. The Labute approximate surface area is 161 Å². The minimum atomic E-state index is -1.05. The molecule has 1 saturated heterocycles. The van der Waals surface area contributed by atoms with Gasteiger partial charge in [0, 0.05) is 5.71 Å². The van der Waals surface area contributed by atoms with E-state index in [4.69, 9.17) is 9.84 Å². The smallest absolute Gasteiger partial charge is 0.306 e. The van der Waals surface area contributed by atoms with E-state index in [1.165, 1.54) is 4.90 Å². The number of aliphatic carboxylic acids is 1. The summed E-state index contributed by atoms with van der Waals surface area (Å²) < 4.78 is 4.87. The Morgan fingerprint density at radius 3 is 2.59 bits per heavy atom. The highest BCUT2D eigenvalue weighted by Gasteiger charge is 2.40. The summed E-state index contributed by atoms with van der Waals surface area (Å²) >= 11 is 1.07. The van der Waals surface area contributed by atoms with Crippen LogP contribution >= 0.6 is 11.8 Å². The lowest BCUT2D eigenvalue weighted by molar-refractivity contribution is -0.143. The van der Waals surface area contributed by atoms with Crippen molar-refractivity contribution in [3.8, 4) is 0 Å². The van der Waals surface area contributed by atoms with Gasteiger partial charge in [-0.15, -0.1) is 5.10 Å². The van der Waals surface area contributed by atoms with Gasteiger partial charge in [0.25, 0.3) is 0 Å². The van der Waals surface area contributed by atoms with Crippen molar-refractivity contribution >= 4 is 46.2 Å². The molecule has 1 aliphatic rings. The lowest BCUT2D eigenvalue weighted by atomic mass is 10.2. The molecule has 1 N–H and O–H groups in total. The summed E-state index contributed by atoms with van der Waals surface area (Å²) in [6.45, 7) is 3.80. The Bertz CT molecular complexity index is 764. The van der Waals surface area contributed by atoms with Gasteiger partial charge in [-0.1, -0.05) is 30.0 Å². The van der Waals surface area contributed by atoms with Crippen molar-refractivity contribution in [2.24, 2.45) is 10.2 Å². The van der Waals surface area contributed by atoms with Crippen molar-refractivity contribution in [2.45, 2.75) is 38.4 Å². The largest absolute Gasteiger partial charge is 0.481 e. The van der Waals surface area contributed by atoms with E-state index < -0.39 is 11.2 Å². The summed E-state index contributed by atoms with van der Waals surface area (Å²) in [6, 6.07) is 8.87. The van der Waals surface area contributed by atoms with Gasteiger partial charge in [-0.3, -0.25) is 19.3 Å². The minimum Gasteiger partial charge on any atom is -0.481 e. The number of carbonyl (C=O) groups excluding carboxylic acids is 2. The number of hydrogen-bond donors (Lipinski definition) is 1. The Kier molecular flexibility index (Phi) is 7.54. The van der Waals surface area contributed by atoms with Crippen molar-refractivity contribution in [1.82, 2.24) is 0 Å². The van der Waals surface area contributed by atoms with Crippen molar-refractivity contribution in [1.29, 1.82) is 0 Å². The molecular formula is C18H21N3O5S. The van der Waals surface area contributed by atoms with Crippen LogP contribution < -0.4 is 4.90 Å². The van der Waals surface area contributed by atoms with Crippen LogP contribution in [0.5, 0.6) is 0 Å². The molecule has 1 amide bonds. The highest BCUT2D eigenvalue weighted by molar-refractivity contribution is 8.16. The van der Waals surface area contributed by atoms with Crippen LogP contribution in [0.15, 0.2) is 40.5 Å². The number of carboxylic acid groups (broad SMARTS) is 1. The third-order valence-corrected chi connectivity index (χ3v) is 4.74. The molecule has 1 aliphatic heterocycles. The van der Waals surface area contributed by atoms with E-state index in [0.717, 1.165) is 11.8 Å². The number of ether oxygens (including phenoxy) is 1. The van der Waals surface area contributed by atoms with Gasteiger partial charge < -0.3 is 9.84 Å². The van der Waals surface area contributed by atoms with Crippen LogP contribution in [0.3, 0.4) is 0 Å². The monoisotopic (exact) mass is 391 g/mol. The number of nitrogens with zero attached hydrogens (tertiary/aromatic N) is 3. The maximum absolute atomic E-state index is 12.6. The number of benzene rings is 1. The van der Waals surface area contributed by atoms with Gasteiger partial charge in [0.05, 0.1) is 25.1 Å². The van der Waals surface area contributed by atoms with Gasteiger partial charge in [-0.2, -0.15) is 5.10 Å². The normalized spacial score (nSPS) is 18.8. The molecule has 0 aromatic heterocycles. The first kappa shape index (κ1) is 20.6. The SMILES string of the molecule is CCOC(=O)CC/C(C)=N/N=C1\SC(CC(=O)O)C(=O)N1c1ccccc1. The van der Waals surface area contributed by atoms with E-state index in [9.17, 15) is 14.4 Å². The summed E-state index contributed by atoms with van der Waals surface area (Å²) in [6.07, 6.45) is 0.291. The number of rotatable bonds is 8. The molecule has 0 saturated carbocycles. The third-order valence-electron chi connectivity index (χ3n) is 3.61.